The highest BCUT2D eigenvalue weighted by atomic mass is 16.6. The molecule has 206 valence electrons. The van der Waals surface area contributed by atoms with Gasteiger partial charge in [0.1, 0.15) is 17.7 Å². The van der Waals surface area contributed by atoms with Crippen molar-refractivity contribution in [3.05, 3.63) is 42.0 Å². The number of nitrogens with one attached hydrogen (secondary N) is 2. The minimum absolute atomic E-state index is 0.235. The molecule has 0 fully saturated rings. The predicted octanol–water partition coefficient (Wildman–Crippen LogP) is 4.07. The molecule has 2 atom stereocenters. The molecule has 4 N–H and O–H groups in total. The molecule has 4 amide bonds. The van der Waals surface area contributed by atoms with Crippen LogP contribution >= 0.6 is 0 Å². The van der Waals surface area contributed by atoms with Crippen LogP contribution in [0.25, 0.3) is 6.08 Å². The lowest BCUT2D eigenvalue weighted by molar-refractivity contribution is -0.144. The Morgan fingerprint density at radius 1 is 1.11 bits per heavy atom. The zero-order valence-corrected chi connectivity index (χ0v) is 23.3. The number of unbranched alkanes of at least 4 members (excludes halogenated alkanes) is 2. The summed E-state index contributed by atoms with van der Waals surface area (Å²) in [4.78, 5) is 53.5. The average Bonchev–Trinajstić information content (AvgIpc) is 2.74. The Hall–Kier alpha value is -3.36. The third-order valence-electron chi connectivity index (χ3n) is 5.20. The van der Waals surface area contributed by atoms with Gasteiger partial charge in [0, 0.05) is 12.1 Å². The van der Waals surface area contributed by atoms with Crippen LogP contribution in [-0.2, 0) is 19.1 Å². The zero-order valence-electron chi connectivity index (χ0n) is 23.3. The highest BCUT2D eigenvalue weighted by Crippen LogP contribution is 2.26. The van der Waals surface area contributed by atoms with Crippen molar-refractivity contribution >= 4 is 29.9 Å². The summed E-state index contributed by atoms with van der Waals surface area (Å²) in [5.41, 5.74) is 5.42. The highest BCUT2D eigenvalue weighted by molar-refractivity contribution is 5.94. The first-order chi connectivity index (χ1) is 17.1. The van der Waals surface area contributed by atoms with E-state index in [-0.39, 0.29) is 12.5 Å². The molecule has 37 heavy (non-hydrogen) atoms. The lowest BCUT2D eigenvalue weighted by Gasteiger charge is -2.36. The molecule has 0 saturated heterocycles. The smallest absolute Gasteiger partial charge is 0.408 e. The van der Waals surface area contributed by atoms with Gasteiger partial charge in [-0.1, -0.05) is 50.6 Å². The number of nitrogens with two attached hydrogens (primary N) is 1. The summed E-state index contributed by atoms with van der Waals surface area (Å²) in [5.74, 6) is -1.75. The summed E-state index contributed by atoms with van der Waals surface area (Å²) in [6.07, 6.45) is 2.70. The van der Waals surface area contributed by atoms with Crippen molar-refractivity contribution in [1.82, 2.24) is 15.5 Å². The Morgan fingerprint density at radius 3 is 2.27 bits per heavy atom. The summed E-state index contributed by atoms with van der Waals surface area (Å²) in [5, 5.41) is 5.46. The maximum Gasteiger partial charge on any atom is 0.408 e. The average molecular weight is 517 g/mol. The largest absolute Gasteiger partial charge is 0.444 e. The van der Waals surface area contributed by atoms with Crippen LogP contribution in [0.3, 0.4) is 0 Å². The normalized spacial score (nSPS) is 13.2. The quantitative estimate of drug-likeness (QED) is 0.361. The number of rotatable bonds is 12. The number of carbonyl (C=O) groups is 4. The first-order valence-electron chi connectivity index (χ1n) is 12.7. The highest BCUT2D eigenvalue weighted by Gasteiger charge is 2.37. The van der Waals surface area contributed by atoms with E-state index in [1.165, 1.54) is 4.90 Å². The molecule has 0 bridgehead atoms. The number of alkyl carbamates (subject to hydrolysis) is 1. The summed E-state index contributed by atoms with van der Waals surface area (Å²) < 4.78 is 5.30. The second kappa shape index (κ2) is 13.8. The Balaban J connectivity index is 3.58. The molecule has 2 unspecified atom stereocenters. The van der Waals surface area contributed by atoms with Crippen molar-refractivity contribution in [3.8, 4) is 0 Å². The molecule has 0 aliphatic heterocycles. The van der Waals surface area contributed by atoms with E-state index in [0.29, 0.717) is 12.0 Å². The van der Waals surface area contributed by atoms with Crippen molar-refractivity contribution in [2.24, 2.45) is 5.73 Å². The first kappa shape index (κ1) is 31.7. The van der Waals surface area contributed by atoms with Crippen molar-refractivity contribution in [2.75, 3.05) is 6.54 Å². The van der Waals surface area contributed by atoms with E-state index in [1.807, 2.05) is 33.8 Å². The van der Waals surface area contributed by atoms with Crippen LogP contribution in [0.5, 0.6) is 0 Å². The number of primary amides is 1. The third kappa shape index (κ3) is 11.5. The molecule has 0 aromatic heterocycles. The van der Waals surface area contributed by atoms with Crippen molar-refractivity contribution in [1.29, 1.82) is 0 Å². The van der Waals surface area contributed by atoms with Gasteiger partial charge in [0.25, 0.3) is 0 Å². The fourth-order valence-electron chi connectivity index (χ4n) is 3.72. The Bertz CT molecular complexity index is 962. The molecule has 0 saturated carbocycles. The zero-order chi connectivity index (χ0) is 28.4. The molecule has 0 radical (unpaired) electrons. The van der Waals surface area contributed by atoms with E-state index >= 15 is 0 Å². The second-order valence-corrected chi connectivity index (χ2v) is 11.1. The third-order valence-corrected chi connectivity index (χ3v) is 5.20. The van der Waals surface area contributed by atoms with Crippen LogP contribution in [0, 0.1) is 0 Å². The van der Waals surface area contributed by atoms with Crippen molar-refractivity contribution in [2.45, 2.75) is 97.4 Å². The van der Waals surface area contributed by atoms with Gasteiger partial charge in [-0.05, 0) is 65.2 Å². The summed E-state index contributed by atoms with van der Waals surface area (Å²) in [6.45, 7) is 16.7. The van der Waals surface area contributed by atoms with Crippen LogP contribution < -0.4 is 16.4 Å². The lowest BCUT2D eigenvalue weighted by atomic mass is 9.98. The Morgan fingerprint density at radius 2 is 1.76 bits per heavy atom. The van der Waals surface area contributed by atoms with E-state index in [9.17, 15) is 19.2 Å². The monoisotopic (exact) mass is 516 g/mol. The van der Waals surface area contributed by atoms with Crippen LogP contribution in [0.2, 0.25) is 0 Å². The minimum atomic E-state index is -1.30. The molecule has 0 aliphatic carbocycles. The van der Waals surface area contributed by atoms with Gasteiger partial charge in [0.05, 0.1) is 6.42 Å². The van der Waals surface area contributed by atoms with Crippen LogP contribution in [0.15, 0.2) is 30.8 Å². The van der Waals surface area contributed by atoms with Gasteiger partial charge in [-0.15, -0.1) is 0 Å². The van der Waals surface area contributed by atoms with E-state index in [0.717, 1.165) is 18.4 Å². The summed E-state index contributed by atoms with van der Waals surface area (Å²) >= 11 is 0. The van der Waals surface area contributed by atoms with E-state index in [1.54, 1.807) is 45.0 Å². The molecule has 0 heterocycles. The number of carbonyl (C=O) groups excluding carboxylic acids is 4. The van der Waals surface area contributed by atoms with Gasteiger partial charge in [0.2, 0.25) is 17.7 Å². The Labute approximate surface area is 221 Å². The van der Waals surface area contributed by atoms with E-state index < -0.39 is 47.6 Å². The second-order valence-electron chi connectivity index (χ2n) is 11.1. The SMILES string of the molecule is C=Cc1cccc(C(C(=O)NC(C)(C)C)N(CCCCC)C(=O)C(CC(N)=O)NC(=O)OC(C)(C)C)c1. The number of amides is 4. The standard InChI is InChI=1S/C28H44N4O5/c1-9-11-12-16-32(25(35)21(18-22(29)33)30-26(36)37-28(6,7)8)23(24(34)31-27(3,4)5)20-15-13-14-19(10-2)17-20/h10,13-15,17,21,23H,2,9,11-12,16,18H2,1,3-8H3,(H2,29,33)(H,30,36)(H,31,34). The molecular weight excluding hydrogens is 472 g/mol. The first-order valence-corrected chi connectivity index (χ1v) is 12.7. The van der Waals surface area contributed by atoms with Gasteiger partial charge in [-0.3, -0.25) is 14.4 Å². The number of nitrogens with zero attached hydrogens (tertiary/aromatic N) is 1. The number of benzene rings is 1. The van der Waals surface area contributed by atoms with Gasteiger partial charge in [0.15, 0.2) is 0 Å². The van der Waals surface area contributed by atoms with Crippen molar-refractivity contribution in [3.63, 3.8) is 0 Å². The summed E-state index contributed by atoms with van der Waals surface area (Å²) in [7, 11) is 0. The molecule has 9 nitrogen and oxygen atoms in total. The number of ether oxygens (including phenoxy) is 1. The topological polar surface area (TPSA) is 131 Å². The molecule has 1 rings (SSSR count). The lowest BCUT2D eigenvalue weighted by Crippen LogP contribution is -2.55. The molecular formula is C28H44N4O5. The molecule has 0 aliphatic rings. The summed E-state index contributed by atoms with van der Waals surface area (Å²) in [6, 6.07) is 4.88. The number of hydrogen-bond acceptors (Lipinski definition) is 5. The van der Waals surface area contributed by atoms with E-state index in [4.69, 9.17) is 10.5 Å². The van der Waals surface area contributed by atoms with Crippen LogP contribution in [-0.4, -0.2) is 52.4 Å². The van der Waals surface area contributed by atoms with Crippen LogP contribution in [0.1, 0.15) is 91.3 Å². The van der Waals surface area contributed by atoms with Gasteiger partial charge >= 0.3 is 6.09 Å². The molecule has 9 heteroatoms. The molecule has 0 spiro atoms. The molecule has 1 aromatic carbocycles. The van der Waals surface area contributed by atoms with Crippen LogP contribution in [0.4, 0.5) is 4.79 Å². The fraction of sp³-hybridized carbons (Fsp3) is 0.571. The van der Waals surface area contributed by atoms with Gasteiger partial charge in [-0.25, -0.2) is 4.79 Å². The van der Waals surface area contributed by atoms with E-state index in [2.05, 4.69) is 17.2 Å². The minimum Gasteiger partial charge on any atom is -0.444 e. The molecule has 1 aromatic rings. The fourth-order valence-corrected chi connectivity index (χ4v) is 3.72. The Kier molecular flexibility index (Phi) is 11.8. The van der Waals surface area contributed by atoms with Gasteiger partial charge in [-0.2, -0.15) is 0 Å². The maximum absolute atomic E-state index is 14.0. The van der Waals surface area contributed by atoms with Crippen molar-refractivity contribution < 1.29 is 23.9 Å². The van der Waals surface area contributed by atoms with Gasteiger partial charge < -0.3 is 26.0 Å². The maximum atomic E-state index is 14.0. The number of hydrogen-bond donors (Lipinski definition) is 3. The predicted molar refractivity (Wildman–Crippen MR) is 145 cm³/mol.